The van der Waals surface area contributed by atoms with E-state index in [4.69, 9.17) is 0 Å². The molecule has 0 unspecified atom stereocenters. The van der Waals surface area contributed by atoms with Gasteiger partial charge in [0.2, 0.25) is 5.82 Å². The molecule has 6 nitrogen and oxygen atoms in total. The molecule has 0 aliphatic carbocycles. The molecule has 7 heteroatoms. The predicted molar refractivity (Wildman–Crippen MR) is 81.9 cm³/mol. The first-order valence-electron chi connectivity index (χ1n) is 7.02. The van der Waals surface area contributed by atoms with E-state index >= 15 is 0 Å². The monoisotopic (exact) mass is 306 g/mol. The van der Waals surface area contributed by atoms with Gasteiger partial charge in [-0.3, -0.25) is 0 Å². The number of rotatable bonds is 3. The highest BCUT2D eigenvalue weighted by atomic mass is 19.1. The van der Waals surface area contributed by atoms with Crippen LogP contribution in [-0.4, -0.2) is 29.9 Å². The van der Waals surface area contributed by atoms with Crippen LogP contribution in [0.1, 0.15) is 5.56 Å². The Kier molecular flexibility index (Phi) is 3.23. The SMILES string of the molecule is Fc1ccccc1Cn1nc(-c2nccnn2)c2cccnc21. The molecule has 0 saturated carbocycles. The van der Waals surface area contributed by atoms with Crippen molar-refractivity contribution in [1.29, 1.82) is 0 Å². The minimum Gasteiger partial charge on any atom is -0.242 e. The van der Waals surface area contributed by atoms with Crippen molar-refractivity contribution in [2.45, 2.75) is 6.54 Å². The molecule has 0 atom stereocenters. The molecule has 0 aliphatic heterocycles. The topological polar surface area (TPSA) is 69.4 Å². The maximum atomic E-state index is 13.9. The number of pyridine rings is 1. The molecule has 0 spiro atoms. The second kappa shape index (κ2) is 5.53. The standard InChI is InChI=1S/C16H11FN6/c17-13-6-2-1-4-11(13)10-23-16-12(5-3-7-19-16)14(22-23)15-18-8-9-20-21-15/h1-9H,10H2. The third-order valence-electron chi connectivity index (χ3n) is 3.48. The van der Waals surface area contributed by atoms with Gasteiger partial charge >= 0.3 is 0 Å². The van der Waals surface area contributed by atoms with Crippen molar-refractivity contribution in [1.82, 2.24) is 29.9 Å². The number of nitrogens with zero attached hydrogens (tertiary/aromatic N) is 6. The first kappa shape index (κ1) is 13.4. The van der Waals surface area contributed by atoms with Crippen molar-refractivity contribution >= 4 is 11.0 Å². The van der Waals surface area contributed by atoms with Crippen molar-refractivity contribution in [3.8, 4) is 11.5 Å². The summed E-state index contributed by atoms with van der Waals surface area (Å²) < 4.78 is 15.6. The quantitative estimate of drug-likeness (QED) is 0.581. The second-order valence-electron chi connectivity index (χ2n) is 4.94. The molecule has 23 heavy (non-hydrogen) atoms. The summed E-state index contributed by atoms with van der Waals surface area (Å²) in [5.74, 6) is 0.143. The maximum Gasteiger partial charge on any atom is 0.202 e. The minimum atomic E-state index is -0.272. The van der Waals surface area contributed by atoms with Gasteiger partial charge in [-0.1, -0.05) is 18.2 Å². The Morgan fingerprint density at radius 3 is 2.70 bits per heavy atom. The van der Waals surface area contributed by atoms with Crippen LogP contribution < -0.4 is 0 Å². The Morgan fingerprint density at radius 1 is 0.957 bits per heavy atom. The number of benzene rings is 1. The van der Waals surface area contributed by atoms with Crippen LogP contribution in [0.2, 0.25) is 0 Å². The van der Waals surface area contributed by atoms with E-state index in [1.807, 2.05) is 12.1 Å². The van der Waals surface area contributed by atoms with Crippen LogP contribution in [0.15, 0.2) is 55.0 Å². The van der Waals surface area contributed by atoms with Gasteiger partial charge < -0.3 is 0 Å². The molecule has 0 fully saturated rings. The van der Waals surface area contributed by atoms with E-state index < -0.39 is 0 Å². The summed E-state index contributed by atoms with van der Waals surface area (Å²) in [6, 6.07) is 10.3. The summed E-state index contributed by atoms with van der Waals surface area (Å²) in [7, 11) is 0. The fourth-order valence-electron chi connectivity index (χ4n) is 2.43. The van der Waals surface area contributed by atoms with Crippen molar-refractivity contribution in [3.05, 3.63) is 66.4 Å². The van der Waals surface area contributed by atoms with Gasteiger partial charge in [0.15, 0.2) is 5.65 Å². The number of halogens is 1. The normalized spacial score (nSPS) is 11.0. The van der Waals surface area contributed by atoms with E-state index in [0.29, 0.717) is 22.7 Å². The van der Waals surface area contributed by atoms with Crippen LogP contribution in [0, 0.1) is 5.82 Å². The molecule has 0 aliphatic rings. The Hall–Kier alpha value is -3.22. The van der Waals surface area contributed by atoms with Gasteiger partial charge in [-0.2, -0.15) is 10.2 Å². The van der Waals surface area contributed by atoms with Crippen LogP contribution in [0.5, 0.6) is 0 Å². The molecule has 0 N–H and O–H groups in total. The first-order valence-corrected chi connectivity index (χ1v) is 7.02. The lowest BCUT2D eigenvalue weighted by atomic mass is 10.2. The van der Waals surface area contributed by atoms with E-state index in [-0.39, 0.29) is 12.4 Å². The summed E-state index contributed by atoms with van der Waals surface area (Å²) in [5, 5.41) is 13.2. The molecule has 3 heterocycles. The Balaban J connectivity index is 1.87. The zero-order valence-electron chi connectivity index (χ0n) is 12.0. The highest BCUT2D eigenvalue weighted by molar-refractivity contribution is 5.88. The van der Waals surface area contributed by atoms with Gasteiger partial charge in [0.1, 0.15) is 11.5 Å². The summed E-state index contributed by atoms with van der Waals surface area (Å²) in [4.78, 5) is 8.54. The van der Waals surface area contributed by atoms with Crippen LogP contribution >= 0.6 is 0 Å². The zero-order valence-corrected chi connectivity index (χ0v) is 12.0. The van der Waals surface area contributed by atoms with Gasteiger partial charge in [0, 0.05) is 18.0 Å². The molecule has 0 saturated heterocycles. The maximum absolute atomic E-state index is 13.9. The van der Waals surface area contributed by atoms with Crippen LogP contribution in [0.4, 0.5) is 4.39 Å². The molecular weight excluding hydrogens is 295 g/mol. The molecule has 0 amide bonds. The number of aromatic nitrogens is 6. The Morgan fingerprint density at radius 2 is 1.87 bits per heavy atom. The average Bonchev–Trinajstić information content (AvgIpc) is 2.97. The zero-order chi connectivity index (χ0) is 15.6. The van der Waals surface area contributed by atoms with Crippen molar-refractivity contribution in [2.24, 2.45) is 0 Å². The third-order valence-corrected chi connectivity index (χ3v) is 3.48. The van der Waals surface area contributed by atoms with Crippen LogP contribution in [0.25, 0.3) is 22.6 Å². The smallest absolute Gasteiger partial charge is 0.202 e. The van der Waals surface area contributed by atoms with Gasteiger partial charge in [0.25, 0.3) is 0 Å². The second-order valence-corrected chi connectivity index (χ2v) is 4.94. The van der Waals surface area contributed by atoms with Crippen molar-refractivity contribution in [2.75, 3.05) is 0 Å². The van der Waals surface area contributed by atoms with Crippen molar-refractivity contribution < 1.29 is 4.39 Å². The molecule has 0 radical (unpaired) electrons. The van der Waals surface area contributed by atoms with E-state index in [1.54, 1.807) is 35.3 Å². The molecular formula is C16H11FN6. The Bertz CT molecular complexity index is 967. The molecule has 0 bridgehead atoms. The molecule has 1 aromatic carbocycles. The molecule has 112 valence electrons. The molecule has 4 aromatic rings. The largest absolute Gasteiger partial charge is 0.242 e. The Labute approximate surface area is 130 Å². The number of hydrogen-bond acceptors (Lipinski definition) is 5. The van der Waals surface area contributed by atoms with E-state index in [2.05, 4.69) is 25.3 Å². The fraction of sp³-hybridized carbons (Fsp3) is 0.0625. The predicted octanol–water partition coefficient (Wildman–Crippen LogP) is 2.47. The molecule has 4 rings (SSSR count). The number of fused-ring (bicyclic) bond motifs is 1. The summed E-state index contributed by atoms with van der Waals surface area (Å²) in [5.41, 5.74) is 1.77. The van der Waals surface area contributed by atoms with Crippen LogP contribution in [0.3, 0.4) is 0 Å². The van der Waals surface area contributed by atoms with E-state index in [1.165, 1.54) is 12.3 Å². The number of hydrogen-bond donors (Lipinski definition) is 0. The summed E-state index contributed by atoms with van der Waals surface area (Å²) in [6.45, 7) is 0.278. The molecule has 3 aromatic heterocycles. The third kappa shape index (κ3) is 2.42. The van der Waals surface area contributed by atoms with Crippen molar-refractivity contribution in [3.63, 3.8) is 0 Å². The average molecular weight is 306 g/mol. The van der Waals surface area contributed by atoms with E-state index in [9.17, 15) is 4.39 Å². The highest BCUT2D eigenvalue weighted by Gasteiger charge is 2.16. The summed E-state index contributed by atoms with van der Waals surface area (Å²) in [6.07, 6.45) is 4.73. The lowest BCUT2D eigenvalue weighted by molar-refractivity contribution is 0.589. The fourth-order valence-corrected chi connectivity index (χ4v) is 2.43. The highest BCUT2D eigenvalue weighted by Crippen LogP contribution is 2.24. The van der Waals surface area contributed by atoms with Gasteiger partial charge in [0.05, 0.1) is 18.1 Å². The lowest BCUT2D eigenvalue weighted by Crippen LogP contribution is -2.04. The minimum absolute atomic E-state index is 0.272. The van der Waals surface area contributed by atoms with Gasteiger partial charge in [-0.15, -0.1) is 5.10 Å². The summed E-state index contributed by atoms with van der Waals surface area (Å²) >= 11 is 0. The van der Waals surface area contributed by atoms with Crippen LogP contribution in [-0.2, 0) is 6.54 Å². The first-order chi connectivity index (χ1) is 11.3. The van der Waals surface area contributed by atoms with Gasteiger partial charge in [-0.05, 0) is 18.2 Å². The lowest BCUT2D eigenvalue weighted by Gasteiger charge is -2.04. The van der Waals surface area contributed by atoms with Gasteiger partial charge in [-0.25, -0.2) is 19.0 Å². The van der Waals surface area contributed by atoms with E-state index in [0.717, 1.165) is 5.39 Å².